The Bertz CT molecular complexity index is 1160. The lowest BCUT2D eigenvalue weighted by Crippen LogP contribution is -2.33. The Morgan fingerprint density at radius 1 is 0.970 bits per heavy atom. The second-order valence-corrected chi connectivity index (χ2v) is 8.51. The predicted molar refractivity (Wildman–Crippen MR) is 140 cm³/mol. The summed E-state index contributed by atoms with van der Waals surface area (Å²) in [6, 6.07) is 16.8. The van der Waals surface area contributed by atoms with Crippen LogP contribution in [0.2, 0.25) is 0 Å². The summed E-state index contributed by atoms with van der Waals surface area (Å²) in [6.07, 6.45) is 9.58. The fourth-order valence-corrected chi connectivity index (χ4v) is 4.56. The summed E-state index contributed by atoms with van der Waals surface area (Å²) in [6.45, 7) is 6.10. The van der Waals surface area contributed by atoms with Gasteiger partial charge < -0.3 is 10.6 Å². The molecule has 0 amide bonds. The zero-order valence-corrected chi connectivity index (χ0v) is 20.1. The molecule has 33 heavy (non-hydrogen) atoms. The Kier molecular flexibility index (Phi) is 7.92. The molecule has 2 aromatic heterocycles. The summed E-state index contributed by atoms with van der Waals surface area (Å²) in [7, 11) is 0. The van der Waals surface area contributed by atoms with Crippen LogP contribution in [-0.4, -0.2) is 28.0 Å². The fraction of sp³-hybridized carbons (Fsp3) is 0.296. The van der Waals surface area contributed by atoms with Crippen molar-refractivity contribution in [2.75, 3.05) is 18.4 Å². The SMILES string of the molecule is CC.Sc1ccc(-c2cc(NC(c3cccnc3)C3CCNCC3)cc3nccnc23)cc1. The molecule has 3 heterocycles. The van der Waals surface area contributed by atoms with Gasteiger partial charge in [-0.05, 0) is 73.3 Å². The molecule has 1 atom stereocenters. The Morgan fingerprint density at radius 3 is 2.45 bits per heavy atom. The second-order valence-electron chi connectivity index (χ2n) is 7.99. The topological polar surface area (TPSA) is 62.7 Å². The highest BCUT2D eigenvalue weighted by molar-refractivity contribution is 7.80. The zero-order valence-electron chi connectivity index (χ0n) is 19.2. The molecule has 5 nitrogen and oxygen atoms in total. The number of aromatic nitrogens is 3. The van der Waals surface area contributed by atoms with Crippen molar-refractivity contribution in [1.29, 1.82) is 0 Å². The number of benzene rings is 2. The third-order valence-electron chi connectivity index (χ3n) is 5.97. The Hall–Kier alpha value is -2.96. The molecule has 1 fully saturated rings. The highest BCUT2D eigenvalue weighted by Gasteiger charge is 2.25. The van der Waals surface area contributed by atoms with Crippen LogP contribution < -0.4 is 10.6 Å². The average Bonchev–Trinajstić information content (AvgIpc) is 2.89. The van der Waals surface area contributed by atoms with Crippen molar-refractivity contribution in [3.05, 3.63) is 78.9 Å². The van der Waals surface area contributed by atoms with Crippen molar-refractivity contribution in [2.24, 2.45) is 5.92 Å². The summed E-state index contributed by atoms with van der Waals surface area (Å²) < 4.78 is 0. The normalized spacial score (nSPS) is 14.9. The van der Waals surface area contributed by atoms with Crippen molar-refractivity contribution >= 4 is 29.3 Å². The molecule has 170 valence electrons. The second kappa shape index (κ2) is 11.3. The molecule has 6 heteroatoms. The minimum absolute atomic E-state index is 0.192. The number of hydrogen-bond acceptors (Lipinski definition) is 6. The molecular formula is C27H31N5S. The summed E-state index contributed by atoms with van der Waals surface area (Å²) in [4.78, 5) is 14.5. The molecule has 0 aliphatic carbocycles. The number of piperidine rings is 1. The maximum Gasteiger partial charge on any atom is 0.0966 e. The minimum Gasteiger partial charge on any atom is -0.378 e. The predicted octanol–water partition coefficient (Wildman–Crippen LogP) is 6.16. The van der Waals surface area contributed by atoms with Gasteiger partial charge >= 0.3 is 0 Å². The Morgan fingerprint density at radius 2 is 1.73 bits per heavy atom. The Balaban J connectivity index is 0.00000126. The first-order valence-corrected chi connectivity index (χ1v) is 12.1. The molecule has 0 bridgehead atoms. The van der Waals surface area contributed by atoms with Crippen LogP contribution in [0.15, 0.2) is 78.2 Å². The van der Waals surface area contributed by atoms with Crippen molar-refractivity contribution in [3.63, 3.8) is 0 Å². The van der Waals surface area contributed by atoms with Crippen LogP contribution in [0.1, 0.15) is 38.3 Å². The number of nitrogens with zero attached hydrogens (tertiary/aromatic N) is 3. The van der Waals surface area contributed by atoms with Gasteiger partial charge in [-0.3, -0.25) is 15.0 Å². The van der Waals surface area contributed by atoms with Gasteiger partial charge in [-0.25, -0.2) is 0 Å². The largest absolute Gasteiger partial charge is 0.378 e. The van der Waals surface area contributed by atoms with E-state index in [9.17, 15) is 0 Å². The van der Waals surface area contributed by atoms with Crippen LogP contribution >= 0.6 is 12.6 Å². The number of pyridine rings is 1. The number of hydrogen-bond donors (Lipinski definition) is 3. The third-order valence-corrected chi connectivity index (χ3v) is 6.27. The molecular weight excluding hydrogens is 426 g/mol. The molecule has 2 aromatic carbocycles. The number of fused-ring (bicyclic) bond motifs is 1. The lowest BCUT2D eigenvalue weighted by Gasteiger charge is -2.32. The molecule has 4 aromatic rings. The molecule has 1 aliphatic heterocycles. The van der Waals surface area contributed by atoms with Crippen LogP contribution in [0.4, 0.5) is 5.69 Å². The van der Waals surface area contributed by atoms with Gasteiger partial charge in [-0.2, -0.15) is 0 Å². The van der Waals surface area contributed by atoms with Crippen molar-refractivity contribution in [3.8, 4) is 11.1 Å². The van der Waals surface area contributed by atoms with Gasteiger partial charge in [0.2, 0.25) is 0 Å². The van der Waals surface area contributed by atoms with Crippen LogP contribution in [0, 0.1) is 5.92 Å². The van der Waals surface area contributed by atoms with Crippen LogP contribution in [0.25, 0.3) is 22.2 Å². The highest BCUT2D eigenvalue weighted by atomic mass is 32.1. The number of anilines is 1. The molecule has 1 saturated heterocycles. The summed E-state index contributed by atoms with van der Waals surface area (Å²) in [5, 5.41) is 7.30. The molecule has 0 spiro atoms. The minimum atomic E-state index is 0.192. The van der Waals surface area contributed by atoms with E-state index in [1.54, 1.807) is 12.4 Å². The number of thiol groups is 1. The standard InChI is InChI=1S/C25H25N5S.C2H6/c31-21-5-3-17(4-6-21)22-14-20(15-23-25(22)29-13-12-28-23)30-24(18-7-10-26-11-8-18)19-2-1-9-27-16-19;1-2/h1-6,9,12-16,18,24,26,30-31H,7-8,10-11H2;1-2H3. The van der Waals surface area contributed by atoms with E-state index in [2.05, 4.69) is 68.5 Å². The van der Waals surface area contributed by atoms with E-state index in [-0.39, 0.29) is 6.04 Å². The van der Waals surface area contributed by atoms with E-state index < -0.39 is 0 Å². The van der Waals surface area contributed by atoms with Gasteiger partial charge in [-0.1, -0.05) is 32.0 Å². The average molecular weight is 458 g/mol. The van der Waals surface area contributed by atoms with Gasteiger partial charge in [0.15, 0.2) is 0 Å². The molecule has 1 unspecified atom stereocenters. The van der Waals surface area contributed by atoms with E-state index in [0.29, 0.717) is 5.92 Å². The molecule has 0 saturated carbocycles. The van der Waals surface area contributed by atoms with Crippen LogP contribution in [-0.2, 0) is 0 Å². The maximum atomic E-state index is 4.62. The molecule has 0 radical (unpaired) electrons. The van der Waals surface area contributed by atoms with Gasteiger partial charge in [0.05, 0.1) is 17.1 Å². The van der Waals surface area contributed by atoms with Gasteiger partial charge in [0.25, 0.3) is 0 Å². The van der Waals surface area contributed by atoms with Crippen LogP contribution in [0.5, 0.6) is 0 Å². The first-order valence-electron chi connectivity index (χ1n) is 11.7. The molecule has 1 aliphatic rings. The van der Waals surface area contributed by atoms with E-state index in [1.165, 1.54) is 5.56 Å². The van der Waals surface area contributed by atoms with Gasteiger partial charge in [0, 0.05) is 40.9 Å². The summed E-state index contributed by atoms with van der Waals surface area (Å²) in [5.74, 6) is 0.537. The smallest absolute Gasteiger partial charge is 0.0966 e. The number of nitrogens with one attached hydrogen (secondary N) is 2. The lowest BCUT2D eigenvalue weighted by atomic mass is 9.86. The van der Waals surface area contributed by atoms with Crippen molar-refractivity contribution in [1.82, 2.24) is 20.3 Å². The Labute approximate surface area is 201 Å². The first kappa shape index (κ1) is 23.2. The van der Waals surface area contributed by atoms with Crippen LogP contribution in [0.3, 0.4) is 0 Å². The van der Waals surface area contributed by atoms with E-state index in [4.69, 9.17) is 0 Å². The zero-order chi connectivity index (χ0) is 23.0. The van der Waals surface area contributed by atoms with Gasteiger partial charge in [-0.15, -0.1) is 12.6 Å². The van der Waals surface area contributed by atoms with Crippen molar-refractivity contribution < 1.29 is 0 Å². The third kappa shape index (κ3) is 5.52. The quantitative estimate of drug-likeness (QED) is 0.313. The van der Waals surface area contributed by atoms with E-state index >= 15 is 0 Å². The summed E-state index contributed by atoms with van der Waals surface area (Å²) >= 11 is 4.43. The fourth-order valence-electron chi connectivity index (χ4n) is 4.41. The maximum absolute atomic E-state index is 4.62. The van der Waals surface area contributed by atoms with Crippen molar-refractivity contribution in [2.45, 2.75) is 37.6 Å². The molecule has 5 rings (SSSR count). The van der Waals surface area contributed by atoms with Gasteiger partial charge in [0.1, 0.15) is 0 Å². The summed E-state index contributed by atoms with van der Waals surface area (Å²) in [5.41, 5.74) is 6.22. The van der Waals surface area contributed by atoms with E-state index in [0.717, 1.165) is 58.7 Å². The monoisotopic (exact) mass is 457 g/mol. The highest BCUT2D eigenvalue weighted by Crippen LogP contribution is 2.35. The van der Waals surface area contributed by atoms with E-state index in [1.807, 2.05) is 44.4 Å². The molecule has 2 N–H and O–H groups in total. The first-order chi connectivity index (χ1) is 16.3. The lowest BCUT2D eigenvalue weighted by molar-refractivity contribution is 0.335. The number of rotatable bonds is 5.